The molecule has 1 aliphatic carbocycles. The van der Waals surface area contributed by atoms with Crippen LogP contribution in [0.2, 0.25) is 0 Å². The summed E-state index contributed by atoms with van der Waals surface area (Å²) in [4.78, 5) is 22.9. The van der Waals surface area contributed by atoms with E-state index in [1.807, 2.05) is 4.90 Å². The summed E-state index contributed by atoms with van der Waals surface area (Å²) < 4.78 is 5.25. The zero-order chi connectivity index (χ0) is 15.6. The first-order valence-corrected chi connectivity index (χ1v) is 7.86. The Morgan fingerprint density at radius 3 is 2.86 bits per heavy atom. The number of hydrogen-bond acceptors (Lipinski definition) is 5. The van der Waals surface area contributed by atoms with Crippen LogP contribution in [0, 0.1) is 11.3 Å². The molecule has 2 heterocycles. The molecule has 6 nitrogen and oxygen atoms in total. The van der Waals surface area contributed by atoms with E-state index in [1.165, 1.54) is 0 Å². The molecule has 1 aromatic heterocycles. The van der Waals surface area contributed by atoms with Crippen LogP contribution in [-0.4, -0.2) is 58.8 Å². The number of hydrogen-bond donors (Lipinski definition) is 1. The van der Waals surface area contributed by atoms with Gasteiger partial charge < -0.3 is 14.7 Å². The van der Waals surface area contributed by atoms with Crippen molar-refractivity contribution in [3.63, 3.8) is 0 Å². The molecule has 2 fully saturated rings. The Bertz CT molecular complexity index is 519. The van der Waals surface area contributed by atoms with Gasteiger partial charge in [-0.1, -0.05) is 6.42 Å². The number of ether oxygens (including phenoxy) is 1. The average molecular weight is 305 g/mol. The van der Waals surface area contributed by atoms with E-state index in [4.69, 9.17) is 4.74 Å². The van der Waals surface area contributed by atoms with E-state index in [1.54, 1.807) is 25.7 Å². The number of rotatable bonds is 5. The number of aromatic nitrogens is 2. The van der Waals surface area contributed by atoms with Crippen LogP contribution in [0.4, 0.5) is 0 Å². The van der Waals surface area contributed by atoms with Crippen LogP contribution in [0.1, 0.15) is 25.0 Å². The summed E-state index contributed by atoms with van der Waals surface area (Å²) in [6.45, 7) is 1.48. The van der Waals surface area contributed by atoms with Gasteiger partial charge in [-0.3, -0.25) is 14.8 Å². The van der Waals surface area contributed by atoms with Gasteiger partial charge in [-0.25, -0.2) is 0 Å². The van der Waals surface area contributed by atoms with Gasteiger partial charge in [-0.2, -0.15) is 0 Å². The monoisotopic (exact) mass is 305 g/mol. The zero-order valence-electron chi connectivity index (χ0n) is 12.9. The van der Waals surface area contributed by atoms with Gasteiger partial charge in [0.15, 0.2) is 0 Å². The Hall–Kier alpha value is -1.53. The predicted molar refractivity (Wildman–Crippen MR) is 80.0 cm³/mol. The summed E-state index contributed by atoms with van der Waals surface area (Å²) in [5.41, 5.74) is 0.506. The van der Waals surface area contributed by atoms with Crippen molar-refractivity contribution in [2.45, 2.75) is 31.8 Å². The minimum Gasteiger partial charge on any atom is -0.391 e. The number of amides is 1. The van der Waals surface area contributed by atoms with Crippen LogP contribution in [0.5, 0.6) is 0 Å². The minimum atomic E-state index is -0.495. The second-order valence-corrected chi connectivity index (χ2v) is 6.51. The smallest absolute Gasteiger partial charge is 0.231 e. The lowest BCUT2D eigenvalue weighted by molar-refractivity contribution is -0.151. The second kappa shape index (κ2) is 6.30. The van der Waals surface area contributed by atoms with Gasteiger partial charge in [0.25, 0.3) is 0 Å². The van der Waals surface area contributed by atoms with Crippen molar-refractivity contribution in [1.82, 2.24) is 14.9 Å². The van der Waals surface area contributed by atoms with Crippen molar-refractivity contribution in [2.75, 3.05) is 26.8 Å². The van der Waals surface area contributed by atoms with Gasteiger partial charge >= 0.3 is 0 Å². The van der Waals surface area contributed by atoms with Crippen molar-refractivity contribution in [3.05, 3.63) is 24.3 Å². The molecule has 22 heavy (non-hydrogen) atoms. The third-order valence-corrected chi connectivity index (χ3v) is 4.97. The molecule has 0 unspecified atom stereocenters. The second-order valence-electron chi connectivity index (χ2n) is 6.51. The number of β-amino-alcohol motifs (C(OH)–C–C–N with tert-alkyl or cyclic N) is 1. The van der Waals surface area contributed by atoms with Crippen molar-refractivity contribution in [1.29, 1.82) is 0 Å². The van der Waals surface area contributed by atoms with Crippen LogP contribution in [0.3, 0.4) is 0 Å². The summed E-state index contributed by atoms with van der Waals surface area (Å²) >= 11 is 0. The quantitative estimate of drug-likeness (QED) is 0.864. The Labute approximate surface area is 130 Å². The molecule has 0 bridgehead atoms. The molecule has 0 spiro atoms. The topological polar surface area (TPSA) is 75.5 Å². The third-order valence-electron chi connectivity index (χ3n) is 4.97. The van der Waals surface area contributed by atoms with Crippen LogP contribution in [0.25, 0.3) is 0 Å². The molecular weight excluding hydrogens is 282 g/mol. The van der Waals surface area contributed by atoms with E-state index in [0.717, 1.165) is 25.0 Å². The SMILES string of the molecule is COCC1(C(=O)N2C[C@@H](Cc3cnccn3)[C@H](O)C2)CCC1. The number of aliphatic hydroxyl groups is 1. The molecule has 0 aromatic carbocycles. The normalized spacial score (nSPS) is 26.7. The summed E-state index contributed by atoms with van der Waals surface area (Å²) in [5.74, 6) is 0.168. The van der Waals surface area contributed by atoms with E-state index in [2.05, 4.69) is 9.97 Å². The number of nitrogens with zero attached hydrogens (tertiary/aromatic N) is 3. The predicted octanol–water partition coefficient (Wildman–Crippen LogP) is 0.655. The fourth-order valence-corrected chi connectivity index (χ4v) is 3.56. The molecule has 0 radical (unpaired) electrons. The fraction of sp³-hybridized carbons (Fsp3) is 0.688. The zero-order valence-corrected chi connectivity index (χ0v) is 12.9. The fourth-order valence-electron chi connectivity index (χ4n) is 3.56. The first kappa shape index (κ1) is 15.4. The van der Waals surface area contributed by atoms with Gasteiger partial charge in [0.2, 0.25) is 5.91 Å². The van der Waals surface area contributed by atoms with E-state index in [-0.39, 0.29) is 17.2 Å². The van der Waals surface area contributed by atoms with Crippen molar-refractivity contribution in [2.24, 2.45) is 11.3 Å². The van der Waals surface area contributed by atoms with E-state index in [9.17, 15) is 9.90 Å². The van der Waals surface area contributed by atoms with Crippen molar-refractivity contribution >= 4 is 5.91 Å². The summed E-state index contributed by atoms with van der Waals surface area (Å²) in [6.07, 6.45) is 8.02. The molecule has 3 rings (SSSR count). The Morgan fingerprint density at radius 1 is 1.45 bits per heavy atom. The lowest BCUT2D eigenvalue weighted by Crippen LogP contribution is -2.50. The summed E-state index contributed by atoms with van der Waals surface area (Å²) in [7, 11) is 1.64. The van der Waals surface area contributed by atoms with E-state index in [0.29, 0.717) is 26.1 Å². The molecule has 6 heteroatoms. The van der Waals surface area contributed by atoms with Gasteiger partial charge in [0, 0.05) is 44.7 Å². The van der Waals surface area contributed by atoms with Crippen LogP contribution in [-0.2, 0) is 16.0 Å². The average Bonchev–Trinajstić information content (AvgIpc) is 2.84. The molecule has 2 atom stereocenters. The summed E-state index contributed by atoms with van der Waals surface area (Å²) in [5, 5.41) is 10.3. The molecule has 120 valence electrons. The van der Waals surface area contributed by atoms with Crippen molar-refractivity contribution < 1.29 is 14.6 Å². The maximum absolute atomic E-state index is 12.8. The third kappa shape index (κ3) is 2.85. The largest absolute Gasteiger partial charge is 0.391 e. The standard InChI is InChI=1S/C16H23N3O3/c1-22-11-16(3-2-4-16)15(21)19-9-12(14(20)10-19)7-13-8-17-5-6-18-13/h5-6,8,12,14,20H,2-4,7,9-11H2,1H3/t12-,14-/m1/s1. The molecule has 1 amide bonds. The van der Waals surface area contributed by atoms with E-state index < -0.39 is 6.10 Å². The molecule has 1 aliphatic heterocycles. The molecular formula is C16H23N3O3. The minimum absolute atomic E-state index is 0.0281. The van der Waals surface area contributed by atoms with Crippen LogP contribution >= 0.6 is 0 Å². The summed E-state index contributed by atoms with van der Waals surface area (Å²) in [6, 6.07) is 0. The van der Waals surface area contributed by atoms with Gasteiger partial charge in [-0.15, -0.1) is 0 Å². The Morgan fingerprint density at radius 2 is 2.27 bits per heavy atom. The van der Waals surface area contributed by atoms with Gasteiger partial charge in [0.05, 0.1) is 23.8 Å². The highest BCUT2D eigenvalue weighted by atomic mass is 16.5. The van der Waals surface area contributed by atoms with Crippen LogP contribution < -0.4 is 0 Å². The lowest BCUT2D eigenvalue weighted by atomic mass is 9.68. The number of aliphatic hydroxyl groups excluding tert-OH is 1. The molecule has 1 saturated carbocycles. The Kier molecular flexibility index (Phi) is 4.40. The highest BCUT2D eigenvalue weighted by Gasteiger charge is 2.48. The number of carbonyl (C=O) groups excluding carboxylic acids is 1. The first-order chi connectivity index (χ1) is 10.6. The number of carbonyl (C=O) groups is 1. The highest BCUT2D eigenvalue weighted by Crippen LogP contribution is 2.43. The highest BCUT2D eigenvalue weighted by molar-refractivity contribution is 5.84. The van der Waals surface area contributed by atoms with Crippen molar-refractivity contribution in [3.8, 4) is 0 Å². The molecule has 1 saturated heterocycles. The molecule has 2 aliphatic rings. The first-order valence-electron chi connectivity index (χ1n) is 7.86. The van der Waals surface area contributed by atoms with E-state index >= 15 is 0 Å². The number of methoxy groups -OCH3 is 1. The molecule has 1 aromatic rings. The van der Waals surface area contributed by atoms with Gasteiger partial charge in [0.1, 0.15) is 0 Å². The number of likely N-dealkylation sites (tertiary alicyclic amines) is 1. The molecule has 1 N–H and O–H groups in total. The lowest BCUT2D eigenvalue weighted by Gasteiger charge is -2.42. The van der Waals surface area contributed by atoms with Gasteiger partial charge in [-0.05, 0) is 19.3 Å². The Balaban J connectivity index is 1.64. The maximum Gasteiger partial charge on any atom is 0.231 e. The van der Waals surface area contributed by atoms with Crippen LogP contribution in [0.15, 0.2) is 18.6 Å². The maximum atomic E-state index is 12.8.